The van der Waals surface area contributed by atoms with Gasteiger partial charge in [0.1, 0.15) is 0 Å². The fraction of sp³-hybridized carbons (Fsp3) is 0.385. The molecule has 2 aromatic rings. The van der Waals surface area contributed by atoms with Gasteiger partial charge in [-0.05, 0) is 24.3 Å². The molecule has 0 aliphatic carbocycles. The Morgan fingerprint density at radius 1 is 1.11 bits per heavy atom. The summed E-state index contributed by atoms with van der Waals surface area (Å²) in [6.07, 6.45) is -0.565. The van der Waals surface area contributed by atoms with Crippen molar-refractivity contribution in [3.8, 4) is 11.5 Å². The molecule has 3 rings (SSSR count). The second-order valence-corrected chi connectivity index (χ2v) is 4.99. The molecule has 100 valence electrons. The molecule has 1 fully saturated rings. The molecule has 1 aromatic carbocycles. The minimum Gasteiger partial charge on any atom is -0.416 e. The topological polar surface area (TPSA) is 57.4 Å². The summed E-state index contributed by atoms with van der Waals surface area (Å²) in [6, 6.07) is 7.20. The van der Waals surface area contributed by atoms with Crippen molar-refractivity contribution in [3.05, 3.63) is 35.2 Å². The Morgan fingerprint density at radius 3 is 2.47 bits per heavy atom. The Labute approximate surface area is 115 Å². The third kappa shape index (κ3) is 2.78. The van der Waals surface area contributed by atoms with Crippen LogP contribution < -0.4 is 0 Å². The third-order valence-electron chi connectivity index (χ3n) is 2.80. The van der Waals surface area contributed by atoms with Gasteiger partial charge in [-0.3, -0.25) is 0 Å². The number of aromatic nitrogens is 2. The SMILES string of the molecule is C[C@H]1CO[C@H](c2nnc(-c3ccc(Cl)cc3)o2)OC1. The molecule has 0 unspecified atom stereocenters. The van der Waals surface area contributed by atoms with Gasteiger partial charge in [0.25, 0.3) is 5.89 Å². The molecule has 1 aliphatic heterocycles. The molecule has 0 spiro atoms. The van der Waals surface area contributed by atoms with Crippen molar-refractivity contribution in [2.45, 2.75) is 13.2 Å². The Kier molecular flexibility index (Phi) is 3.50. The molecular formula is C13H13ClN2O3. The van der Waals surface area contributed by atoms with E-state index in [9.17, 15) is 0 Å². The van der Waals surface area contributed by atoms with E-state index in [-0.39, 0.29) is 0 Å². The molecule has 0 bridgehead atoms. The first-order chi connectivity index (χ1) is 9.22. The fourth-order valence-corrected chi connectivity index (χ4v) is 1.91. The fourth-order valence-electron chi connectivity index (χ4n) is 1.78. The van der Waals surface area contributed by atoms with Gasteiger partial charge in [-0.15, -0.1) is 10.2 Å². The lowest BCUT2D eigenvalue weighted by Gasteiger charge is -2.24. The van der Waals surface area contributed by atoms with Crippen LogP contribution in [0.1, 0.15) is 19.1 Å². The van der Waals surface area contributed by atoms with Gasteiger partial charge in [0.15, 0.2) is 0 Å². The van der Waals surface area contributed by atoms with Crippen molar-refractivity contribution in [2.75, 3.05) is 13.2 Å². The summed E-state index contributed by atoms with van der Waals surface area (Å²) in [7, 11) is 0. The van der Waals surface area contributed by atoms with Crippen LogP contribution in [0.15, 0.2) is 28.7 Å². The van der Waals surface area contributed by atoms with Gasteiger partial charge in [0, 0.05) is 16.5 Å². The van der Waals surface area contributed by atoms with Gasteiger partial charge in [-0.25, -0.2) is 0 Å². The lowest BCUT2D eigenvalue weighted by molar-refractivity contribution is -0.212. The molecule has 0 N–H and O–H groups in total. The number of ether oxygens (including phenoxy) is 2. The molecule has 2 heterocycles. The molecule has 5 nitrogen and oxygen atoms in total. The summed E-state index contributed by atoms with van der Waals surface area (Å²) in [6.45, 7) is 3.32. The van der Waals surface area contributed by atoms with E-state index in [0.717, 1.165) is 5.56 Å². The van der Waals surface area contributed by atoms with E-state index in [0.29, 0.717) is 35.9 Å². The molecule has 0 amide bonds. The van der Waals surface area contributed by atoms with Crippen LogP contribution in [0.3, 0.4) is 0 Å². The van der Waals surface area contributed by atoms with E-state index >= 15 is 0 Å². The zero-order valence-corrected chi connectivity index (χ0v) is 11.1. The van der Waals surface area contributed by atoms with Crippen molar-refractivity contribution in [2.24, 2.45) is 5.92 Å². The molecular weight excluding hydrogens is 268 g/mol. The van der Waals surface area contributed by atoms with Crippen LogP contribution in [0, 0.1) is 5.92 Å². The summed E-state index contributed by atoms with van der Waals surface area (Å²) < 4.78 is 16.6. The van der Waals surface area contributed by atoms with Crippen molar-refractivity contribution < 1.29 is 13.9 Å². The van der Waals surface area contributed by atoms with E-state index in [1.807, 2.05) is 12.1 Å². The monoisotopic (exact) mass is 280 g/mol. The van der Waals surface area contributed by atoms with E-state index in [4.69, 9.17) is 25.5 Å². The van der Waals surface area contributed by atoms with Crippen molar-refractivity contribution >= 4 is 11.6 Å². The van der Waals surface area contributed by atoms with Crippen LogP contribution >= 0.6 is 11.6 Å². The molecule has 1 aromatic heterocycles. The van der Waals surface area contributed by atoms with Crippen LogP contribution in [0.4, 0.5) is 0 Å². The van der Waals surface area contributed by atoms with Crippen LogP contribution in [0.5, 0.6) is 0 Å². The Hall–Kier alpha value is -1.43. The largest absolute Gasteiger partial charge is 0.416 e. The predicted molar refractivity (Wildman–Crippen MR) is 68.6 cm³/mol. The van der Waals surface area contributed by atoms with Crippen LogP contribution in [-0.4, -0.2) is 23.4 Å². The minimum absolute atomic E-state index is 0.344. The Balaban J connectivity index is 1.77. The average molecular weight is 281 g/mol. The summed E-state index contributed by atoms with van der Waals surface area (Å²) in [5.74, 6) is 1.16. The number of benzene rings is 1. The minimum atomic E-state index is -0.565. The quantitative estimate of drug-likeness (QED) is 0.846. The zero-order chi connectivity index (χ0) is 13.2. The van der Waals surface area contributed by atoms with Crippen LogP contribution in [0.2, 0.25) is 5.02 Å². The van der Waals surface area contributed by atoms with Gasteiger partial charge < -0.3 is 13.9 Å². The second kappa shape index (κ2) is 5.28. The standard InChI is InChI=1S/C13H13ClN2O3/c1-8-6-17-13(18-7-8)12-16-15-11(19-12)9-2-4-10(14)5-3-9/h2-5,8,13H,6-7H2,1H3/t8-,13-. The predicted octanol–water partition coefficient (Wildman–Crippen LogP) is 3.07. The number of halogens is 1. The van der Waals surface area contributed by atoms with Crippen molar-refractivity contribution in [1.82, 2.24) is 10.2 Å². The van der Waals surface area contributed by atoms with Crippen molar-refractivity contribution in [3.63, 3.8) is 0 Å². The highest BCUT2D eigenvalue weighted by atomic mass is 35.5. The van der Waals surface area contributed by atoms with Gasteiger partial charge in [-0.2, -0.15) is 0 Å². The Morgan fingerprint density at radius 2 is 1.79 bits per heavy atom. The maximum atomic E-state index is 5.83. The normalized spacial score (nSPS) is 23.5. The number of hydrogen-bond acceptors (Lipinski definition) is 5. The molecule has 0 saturated carbocycles. The number of rotatable bonds is 2. The highest BCUT2D eigenvalue weighted by molar-refractivity contribution is 6.30. The van der Waals surface area contributed by atoms with E-state index in [2.05, 4.69) is 17.1 Å². The van der Waals surface area contributed by atoms with E-state index < -0.39 is 6.29 Å². The Bertz CT molecular complexity index is 547. The first-order valence-corrected chi connectivity index (χ1v) is 6.43. The smallest absolute Gasteiger partial charge is 0.273 e. The molecule has 0 radical (unpaired) electrons. The van der Waals surface area contributed by atoms with Crippen molar-refractivity contribution in [1.29, 1.82) is 0 Å². The zero-order valence-electron chi connectivity index (χ0n) is 10.4. The molecule has 19 heavy (non-hydrogen) atoms. The third-order valence-corrected chi connectivity index (χ3v) is 3.05. The maximum Gasteiger partial charge on any atom is 0.273 e. The average Bonchev–Trinajstić information content (AvgIpc) is 2.90. The summed E-state index contributed by atoms with van der Waals surface area (Å²) in [5.41, 5.74) is 0.812. The first kappa shape index (κ1) is 12.6. The summed E-state index contributed by atoms with van der Waals surface area (Å²) in [5, 5.41) is 8.62. The second-order valence-electron chi connectivity index (χ2n) is 4.56. The molecule has 6 heteroatoms. The van der Waals surface area contributed by atoms with Gasteiger partial charge in [-0.1, -0.05) is 18.5 Å². The summed E-state index contributed by atoms with van der Waals surface area (Å²) >= 11 is 5.83. The molecule has 1 saturated heterocycles. The van der Waals surface area contributed by atoms with Gasteiger partial charge in [0.05, 0.1) is 13.2 Å². The van der Waals surface area contributed by atoms with Crippen LogP contribution in [-0.2, 0) is 9.47 Å². The van der Waals surface area contributed by atoms with Crippen LogP contribution in [0.25, 0.3) is 11.5 Å². The molecule has 1 aliphatic rings. The number of hydrogen-bond donors (Lipinski definition) is 0. The lowest BCUT2D eigenvalue weighted by Crippen LogP contribution is -2.25. The first-order valence-electron chi connectivity index (χ1n) is 6.05. The van der Waals surface area contributed by atoms with Gasteiger partial charge >= 0.3 is 0 Å². The molecule has 0 atom stereocenters. The maximum absolute atomic E-state index is 5.83. The van der Waals surface area contributed by atoms with E-state index in [1.54, 1.807) is 12.1 Å². The lowest BCUT2D eigenvalue weighted by atomic mass is 10.2. The highest BCUT2D eigenvalue weighted by Gasteiger charge is 2.26. The number of nitrogens with zero attached hydrogens (tertiary/aromatic N) is 2. The van der Waals surface area contributed by atoms with Gasteiger partial charge in [0.2, 0.25) is 12.2 Å². The summed E-state index contributed by atoms with van der Waals surface area (Å²) in [4.78, 5) is 0. The highest BCUT2D eigenvalue weighted by Crippen LogP contribution is 2.27. The van der Waals surface area contributed by atoms with E-state index in [1.165, 1.54) is 0 Å².